The molecule has 6 heteroatoms. The number of thiophene rings is 1. The number of benzene rings is 1. The first-order valence-electron chi connectivity index (χ1n) is 9.04. The predicted molar refractivity (Wildman–Crippen MR) is 110 cm³/mol. The minimum absolute atomic E-state index is 0.0944. The summed E-state index contributed by atoms with van der Waals surface area (Å²) in [6.45, 7) is 3.42. The number of likely N-dealkylation sites (tertiary alicyclic amines) is 1. The van der Waals surface area contributed by atoms with E-state index in [4.69, 9.17) is 4.74 Å². The van der Waals surface area contributed by atoms with Crippen LogP contribution in [-0.2, 0) is 0 Å². The highest BCUT2D eigenvalue weighted by atomic mass is 79.9. The first-order chi connectivity index (χ1) is 12.7. The van der Waals surface area contributed by atoms with Gasteiger partial charge in [-0.25, -0.2) is 0 Å². The molecule has 26 heavy (non-hydrogen) atoms. The minimum atomic E-state index is 0.0944. The van der Waals surface area contributed by atoms with Gasteiger partial charge in [0.15, 0.2) is 5.78 Å². The van der Waals surface area contributed by atoms with E-state index in [9.17, 15) is 4.79 Å². The molecular formula is C20H25BrN2O2S. The maximum atomic E-state index is 12.5. The Kier molecular flexibility index (Phi) is 7.25. The minimum Gasteiger partial charge on any atom is -0.496 e. The lowest BCUT2D eigenvalue weighted by Gasteiger charge is -2.34. The van der Waals surface area contributed by atoms with Crippen LogP contribution < -0.4 is 10.1 Å². The van der Waals surface area contributed by atoms with Crippen molar-refractivity contribution < 1.29 is 9.53 Å². The van der Waals surface area contributed by atoms with Crippen LogP contribution in [0.1, 0.15) is 40.5 Å². The van der Waals surface area contributed by atoms with E-state index in [1.165, 1.54) is 24.1 Å². The summed E-state index contributed by atoms with van der Waals surface area (Å²) in [6.07, 6.45) is 3.85. The Morgan fingerprint density at radius 2 is 2.12 bits per heavy atom. The Morgan fingerprint density at radius 1 is 1.31 bits per heavy atom. The second-order valence-corrected chi connectivity index (χ2v) is 8.36. The van der Waals surface area contributed by atoms with Crippen molar-refractivity contribution >= 4 is 33.0 Å². The number of hydrogen-bond acceptors (Lipinski definition) is 5. The van der Waals surface area contributed by atoms with E-state index < -0.39 is 0 Å². The SMILES string of the molecule is COc1ccc(C(=O)CNCC(c2cccs2)N2CCCCC2)cc1Br. The molecule has 1 unspecified atom stereocenters. The molecule has 0 bridgehead atoms. The molecule has 1 N–H and O–H groups in total. The molecule has 1 aliphatic rings. The van der Waals surface area contributed by atoms with Gasteiger partial charge >= 0.3 is 0 Å². The Morgan fingerprint density at radius 3 is 2.77 bits per heavy atom. The molecule has 2 aromatic rings. The van der Waals surface area contributed by atoms with Crippen LogP contribution in [-0.4, -0.2) is 44.0 Å². The number of nitrogens with one attached hydrogen (secondary N) is 1. The third kappa shape index (κ3) is 4.94. The monoisotopic (exact) mass is 436 g/mol. The van der Waals surface area contributed by atoms with Crippen LogP contribution in [0.4, 0.5) is 0 Å². The van der Waals surface area contributed by atoms with Crippen molar-refractivity contribution in [2.45, 2.75) is 25.3 Å². The van der Waals surface area contributed by atoms with Crippen LogP contribution in [0.3, 0.4) is 0 Å². The van der Waals surface area contributed by atoms with Gasteiger partial charge in [-0.05, 0) is 71.5 Å². The average Bonchev–Trinajstić information content (AvgIpc) is 3.20. The van der Waals surface area contributed by atoms with Crippen LogP contribution >= 0.6 is 27.3 Å². The summed E-state index contributed by atoms with van der Waals surface area (Å²) in [5, 5.41) is 5.52. The molecule has 1 aromatic heterocycles. The van der Waals surface area contributed by atoms with E-state index in [1.807, 2.05) is 18.2 Å². The average molecular weight is 437 g/mol. The van der Waals surface area contributed by atoms with Crippen molar-refractivity contribution in [2.75, 3.05) is 33.3 Å². The molecule has 3 rings (SSSR count). The maximum Gasteiger partial charge on any atom is 0.176 e. The fourth-order valence-corrected chi connectivity index (χ4v) is 4.79. The number of hydrogen-bond donors (Lipinski definition) is 1. The Hall–Kier alpha value is -1.21. The van der Waals surface area contributed by atoms with E-state index in [1.54, 1.807) is 18.4 Å². The molecule has 0 radical (unpaired) electrons. The second-order valence-electron chi connectivity index (χ2n) is 6.53. The highest BCUT2D eigenvalue weighted by molar-refractivity contribution is 9.10. The topological polar surface area (TPSA) is 41.6 Å². The third-order valence-corrected chi connectivity index (χ3v) is 6.39. The maximum absolute atomic E-state index is 12.5. The molecule has 0 spiro atoms. The Balaban J connectivity index is 1.59. The number of carbonyl (C=O) groups is 1. The summed E-state index contributed by atoms with van der Waals surface area (Å²) in [6, 6.07) is 10.1. The summed E-state index contributed by atoms with van der Waals surface area (Å²) >= 11 is 5.24. The van der Waals surface area contributed by atoms with Gasteiger partial charge in [0.1, 0.15) is 5.75 Å². The predicted octanol–water partition coefficient (Wildman–Crippen LogP) is 4.52. The van der Waals surface area contributed by atoms with Crippen molar-refractivity contribution in [1.82, 2.24) is 10.2 Å². The Labute approximate surface area is 167 Å². The molecule has 1 saturated heterocycles. The summed E-state index contributed by atoms with van der Waals surface area (Å²) in [7, 11) is 1.62. The molecule has 1 aliphatic heterocycles. The van der Waals surface area contributed by atoms with Gasteiger partial charge in [-0.3, -0.25) is 9.69 Å². The van der Waals surface area contributed by atoms with Crippen molar-refractivity contribution in [2.24, 2.45) is 0 Å². The lowest BCUT2D eigenvalue weighted by Crippen LogP contribution is -2.39. The molecular weight excluding hydrogens is 412 g/mol. The van der Waals surface area contributed by atoms with Crippen molar-refractivity contribution in [3.05, 3.63) is 50.6 Å². The lowest BCUT2D eigenvalue weighted by atomic mass is 10.1. The van der Waals surface area contributed by atoms with E-state index in [0.717, 1.165) is 29.9 Å². The number of halogens is 1. The first-order valence-corrected chi connectivity index (χ1v) is 10.7. The second kappa shape index (κ2) is 9.65. The fourth-order valence-electron chi connectivity index (χ4n) is 3.38. The molecule has 2 heterocycles. The number of ether oxygens (including phenoxy) is 1. The highest BCUT2D eigenvalue weighted by Gasteiger charge is 2.23. The van der Waals surface area contributed by atoms with E-state index >= 15 is 0 Å². The zero-order valence-corrected chi connectivity index (χ0v) is 17.4. The van der Waals surface area contributed by atoms with E-state index in [-0.39, 0.29) is 5.78 Å². The standard InChI is InChI=1S/C20H25BrN2O2S/c1-25-19-8-7-15(12-16(19)21)18(24)14-22-13-17(20-6-5-11-26-20)23-9-3-2-4-10-23/h5-8,11-12,17,22H,2-4,9-10,13-14H2,1H3. The molecule has 4 nitrogen and oxygen atoms in total. The molecule has 0 amide bonds. The molecule has 0 saturated carbocycles. The van der Waals surface area contributed by atoms with Crippen LogP contribution in [0.2, 0.25) is 0 Å². The van der Waals surface area contributed by atoms with Gasteiger partial charge < -0.3 is 10.1 Å². The molecule has 1 aromatic carbocycles. The van der Waals surface area contributed by atoms with Crippen molar-refractivity contribution in [1.29, 1.82) is 0 Å². The number of carbonyl (C=O) groups excluding carboxylic acids is 1. The fraction of sp³-hybridized carbons (Fsp3) is 0.450. The highest BCUT2D eigenvalue weighted by Crippen LogP contribution is 2.28. The largest absolute Gasteiger partial charge is 0.496 e. The van der Waals surface area contributed by atoms with Crippen LogP contribution in [0.25, 0.3) is 0 Å². The number of nitrogens with zero attached hydrogens (tertiary/aromatic N) is 1. The van der Waals surface area contributed by atoms with E-state index in [0.29, 0.717) is 18.2 Å². The van der Waals surface area contributed by atoms with Crippen molar-refractivity contribution in [3.8, 4) is 5.75 Å². The van der Waals surface area contributed by atoms with Gasteiger partial charge in [-0.1, -0.05) is 12.5 Å². The molecule has 1 fully saturated rings. The quantitative estimate of drug-likeness (QED) is 0.617. The van der Waals surface area contributed by atoms with Gasteiger partial charge in [-0.2, -0.15) is 0 Å². The summed E-state index contributed by atoms with van der Waals surface area (Å²) < 4.78 is 6.02. The van der Waals surface area contributed by atoms with Gasteiger partial charge in [0.2, 0.25) is 0 Å². The van der Waals surface area contributed by atoms with Gasteiger partial charge in [-0.15, -0.1) is 11.3 Å². The van der Waals surface area contributed by atoms with Gasteiger partial charge in [0.25, 0.3) is 0 Å². The smallest absolute Gasteiger partial charge is 0.176 e. The third-order valence-electron chi connectivity index (χ3n) is 4.80. The number of rotatable bonds is 8. The van der Waals surface area contributed by atoms with E-state index in [2.05, 4.69) is 43.7 Å². The molecule has 0 aliphatic carbocycles. The zero-order valence-electron chi connectivity index (χ0n) is 15.0. The van der Waals surface area contributed by atoms with Crippen LogP contribution in [0, 0.1) is 0 Å². The number of methoxy groups -OCH3 is 1. The molecule has 140 valence electrons. The summed E-state index contributed by atoms with van der Waals surface area (Å²) in [5.74, 6) is 0.828. The zero-order chi connectivity index (χ0) is 18.4. The molecule has 1 atom stereocenters. The normalized spacial score (nSPS) is 16.4. The lowest BCUT2D eigenvalue weighted by molar-refractivity contribution is 0.0984. The number of piperidine rings is 1. The summed E-state index contributed by atoms with van der Waals surface area (Å²) in [4.78, 5) is 16.4. The number of ketones is 1. The Bertz CT molecular complexity index is 715. The van der Waals surface area contributed by atoms with Crippen LogP contribution in [0.15, 0.2) is 40.2 Å². The van der Waals surface area contributed by atoms with Crippen LogP contribution in [0.5, 0.6) is 5.75 Å². The van der Waals surface area contributed by atoms with Gasteiger partial charge in [0, 0.05) is 17.0 Å². The van der Waals surface area contributed by atoms with Crippen molar-refractivity contribution in [3.63, 3.8) is 0 Å². The van der Waals surface area contributed by atoms with Gasteiger partial charge in [0.05, 0.1) is 24.2 Å². The first kappa shape index (κ1) is 19.5. The summed E-state index contributed by atoms with van der Waals surface area (Å²) in [5.41, 5.74) is 0.691. The number of Topliss-reactive ketones (excluding diaryl/α,β-unsaturated/α-hetero) is 1.